The third-order valence-electron chi connectivity index (χ3n) is 3.48. The molecular formula is C14H19ClO. The molecule has 1 atom stereocenters. The molecule has 1 fully saturated rings. The first-order valence-electron chi connectivity index (χ1n) is 6.15. The molecule has 1 aromatic rings. The maximum absolute atomic E-state index is 9.99. The van der Waals surface area contributed by atoms with Gasteiger partial charge in [0.15, 0.2) is 0 Å². The van der Waals surface area contributed by atoms with Crippen molar-refractivity contribution in [1.82, 2.24) is 0 Å². The Kier molecular flexibility index (Phi) is 4.25. The van der Waals surface area contributed by atoms with Gasteiger partial charge in [-0.3, -0.25) is 0 Å². The lowest BCUT2D eigenvalue weighted by Gasteiger charge is -2.26. The Morgan fingerprint density at radius 3 is 2.81 bits per heavy atom. The lowest BCUT2D eigenvalue weighted by Crippen LogP contribution is -2.09. The van der Waals surface area contributed by atoms with Gasteiger partial charge >= 0.3 is 0 Å². The van der Waals surface area contributed by atoms with E-state index >= 15 is 0 Å². The molecule has 1 aromatic carbocycles. The van der Waals surface area contributed by atoms with Gasteiger partial charge in [-0.25, -0.2) is 0 Å². The van der Waals surface area contributed by atoms with E-state index in [-0.39, 0.29) is 6.10 Å². The minimum Gasteiger partial charge on any atom is -0.388 e. The summed E-state index contributed by atoms with van der Waals surface area (Å²) in [7, 11) is 0. The molecule has 0 aromatic heterocycles. The van der Waals surface area contributed by atoms with E-state index in [1.54, 1.807) is 0 Å². The van der Waals surface area contributed by atoms with Gasteiger partial charge in [-0.1, -0.05) is 30.7 Å². The Bertz CT molecular complexity index is 333. The zero-order chi connectivity index (χ0) is 11.4. The summed E-state index contributed by atoms with van der Waals surface area (Å²) in [6, 6.07) is 8.43. The van der Waals surface area contributed by atoms with Gasteiger partial charge in [-0.2, -0.15) is 0 Å². The van der Waals surface area contributed by atoms with Gasteiger partial charge in [0.1, 0.15) is 0 Å². The number of hydrogen-bond donors (Lipinski definition) is 1. The lowest BCUT2D eigenvalue weighted by atomic mass is 9.79. The molecule has 1 unspecified atom stereocenters. The number of hydrogen-bond acceptors (Lipinski definition) is 1. The van der Waals surface area contributed by atoms with E-state index in [1.165, 1.54) is 24.8 Å². The average Bonchev–Trinajstić information content (AvgIpc) is 2.24. The van der Waals surface area contributed by atoms with Gasteiger partial charge in [0, 0.05) is 5.88 Å². The number of rotatable bonds is 5. The van der Waals surface area contributed by atoms with Crippen molar-refractivity contribution in [2.45, 2.75) is 44.1 Å². The van der Waals surface area contributed by atoms with E-state index in [1.807, 2.05) is 6.07 Å². The highest BCUT2D eigenvalue weighted by Gasteiger charge is 2.20. The second-order valence-electron chi connectivity index (χ2n) is 4.64. The third kappa shape index (κ3) is 2.78. The average molecular weight is 239 g/mol. The highest BCUT2D eigenvalue weighted by atomic mass is 35.5. The largest absolute Gasteiger partial charge is 0.388 e. The van der Waals surface area contributed by atoms with Crippen LogP contribution < -0.4 is 0 Å². The van der Waals surface area contributed by atoms with Crippen LogP contribution in [0.4, 0.5) is 0 Å². The fourth-order valence-electron chi connectivity index (χ4n) is 2.20. The lowest BCUT2D eigenvalue weighted by molar-refractivity contribution is 0.166. The molecule has 2 rings (SSSR count). The molecule has 88 valence electrons. The van der Waals surface area contributed by atoms with Crippen molar-refractivity contribution in [3.05, 3.63) is 35.4 Å². The van der Waals surface area contributed by atoms with Crippen molar-refractivity contribution in [2.24, 2.45) is 0 Å². The highest BCUT2D eigenvalue weighted by Crippen LogP contribution is 2.37. The summed E-state index contributed by atoms with van der Waals surface area (Å²) in [5.74, 6) is 1.36. The van der Waals surface area contributed by atoms with Gasteiger partial charge < -0.3 is 5.11 Å². The molecular weight excluding hydrogens is 220 g/mol. The Labute approximate surface area is 102 Å². The van der Waals surface area contributed by atoms with Crippen LogP contribution in [0.25, 0.3) is 0 Å². The first kappa shape index (κ1) is 11.9. The van der Waals surface area contributed by atoms with E-state index < -0.39 is 0 Å². The Balaban J connectivity index is 2.02. The monoisotopic (exact) mass is 238 g/mol. The second-order valence-corrected chi connectivity index (χ2v) is 5.02. The van der Waals surface area contributed by atoms with Gasteiger partial charge in [0.25, 0.3) is 0 Å². The third-order valence-corrected chi connectivity index (χ3v) is 3.75. The van der Waals surface area contributed by atoms with Crippen LogP contribution in [0.1, 0.15) is 55.3 Å². The number of halogens is 1. The van der Waals surface area contributed by atoms with E-state index in [0.29, 0.717) is 5.88 Å². The van der Waals surface area contributed by atoms with E-state index in [0.717, 1.165) is 24.3 Å². The molecule has 1 aliphatic carbocycles. The van der Waals surface area contributed by atoms with E-state index in [9.17, 15) is 5.11 Å². The van der Waals surface area contributed by atoms with Crippen LogP contribution in [0.15, 0.2) is 24.3 Å². The topological polar surface area (TPSA) is 20.2 Å². The molecule has 0 radical (unpaired) electrons. The number of aliphatic hydroxyl groups is 1. The zero-order valence-corrected chi connectivity index (χ0v) is 10.3. The summed E-state index contributed by atoms with van der Waals surface area (Å²) in [4.78, 5) is 0. The Morgan fingerprint density at radius 1 is 1.38 bits per heavy atom. The molecule has 1 aliphatic rings. The number of benzene rings is 1. The Morgan fingerprint density at radius 2 is 2.19 bits per heavy atom. The normalized spacial score (nSPS) is 18.1. The van der Waals surface area contributed by atoms with Crippen LogP contribution in [0.3, 0.4) is 0 Å². The van der Waals surface area contributed by atoms with Crippen molar-refractivity contribution in [3.63, 3.8) is 0 Å². The highest BCUT2D eigenvalue weighted by molar-refractivity contribution is 6.17. The standard InChI is InChI=1S/C14H19ClO/c15-9-3-8-14(16)13-7-2-6-12(10-13)11-4-1-5-11/h2,6-7,10-11,14,16H,1,3-5,8-9H2. The fraction of sp³-hybridized carbons (Fsp3) is 0.571. The van der Waals surface area contributed by atoms with Crippen LogP contribution in [0.5, 0.6) is 0 Å². The first-order chi connectivity index (χ1) is 7.81. The van der Waals surface area contributed by atoms with Crippen LogP contribution in [-0.2, 0) is 0 Å². The predicted octanol–water partition coefficient (Wildman–Crippen LogP) is 4.01. The molecule has 16 heavy (non-hydrogen) atoms. The van der Waals surface area contributed by atoms with Crippen molar-refractivity contribution in [2.75, 3.05) is 5.88 Å². The smallest absolute Gasteiger partial charge is 0.0790 e. The van der Waals surface area contributed by atoms with E-state index in [4.69, 9.17) is 11.6 Å². The summed E-state index contributed by atoms with van der Waals surface area (Å²) in [5, 5.41) is 9.99. The molecule has 1 N–H and O–H groups in total. The van der Waals surface area contributed by atoms with Crippen molar-refractivity contribution >= 4 is 11.6 Å². The molecule has 0 spiro atoms. The second kappa shape index (κ2) is 5.70. The van der Waals surface area contributed by atoms with E-state index in [2.05, 4.69) is 18.2 Å². The number of aliphatic hydroxyl groups excluding tert-OH is 1. The summed E-state index contributed by atoms with van der Waals surface area (Å²) in [5.41, 5.74) is 2.45. The molecule has 0 heterocycles. The summed E-state index contributed by atoms with van der Waals surface area (Å²) in [6.07, 6.45) is 5.25. The zero-order valence-electron chi connectivity index (χ0n) is 9.53. The van der Waals surface area contributed by atoms with Gasteiger partial charge in [0.05, 0.1) is 6.10 Å². The maximum Gasteiger partial charge on any atom is 0.0790 e. The summed E-state index contributed by atoms with van der Waals surface area (Å²) in [6.45, 7) is 0. The van der Waals surface area contributed by atoms with Crippen LogP contribution in [-0.4, -0.2) is 11.0 Å². The molecule has 2 heteroatoms. The van der Waals surface area contributed by atoms with Gasteiger partial charge in [-0.05, 0) is 42.7 Å². The van der Waals surface area contributed by atoms with Crippen molar-refractivity contribution in [3.8, 4) is 0 Å². The van der Waals surface area contributed by atoms with Crippen LogP contribution in [0, 0.1) is 0 Å². The minimum absolute atomic E-state index is 0.348. The molecule has 0 amide bonds. The quantitative estimate of drug-likeness (QED) is 0.769. The van der Waals surface area contributed by atoms with Crippen LogP contribution >= 0.6 is 11.6 Å². The molecule has 1 saturated carbocycles. The maximum atomic E-state index is 9.99. The minimum atomic E-state index is -0.348. The van der Waals surface area contributed by atoms with Gasteiger partial charge in [-0.15, -0.1) is 11.6 Å². The van der Waals surface area contributed by atoms with Crippen molar-refractivity contribution < 1.29 is 5.11 Å². The van der Waals surface area contributed by atoms with Gasteiger partial charge in [0.2, 0.25) is 0 Å². The molecule has 0 saturated heterocycles. The summed E-state index contributed by atoms with van der Waals surface area (Å²) >= 11 is 5.64. The predicted molar refractivity (Wildman–Crippen MR) is 67.9 cm³/mol. The molecule has 1 nitrogen and oxygen atoms in total. The molecule has 0 bridgehead atoms. The van der Waals surface area contributed by atoms with Crippen molar-refractivity contribution in [1.29, 1.82) is 0 Å². The Hall–Kier alpha value is -0.530. The first-order valence-corrected chi connectivity index (χ1v) is 6.68. The number of alkyl halides is 1. The van der Waals surface area contributed by atoms with Crippen LogP contribution in [0.2, 0.25) is 0 Å². The summed E-state index contributed by atoms with van der Waals surface area (Å²) < 4.78 is 0. The SMILES string of the molecule is OC(CCCCl)c1cccc(C2CCC2)c1. The molecule has 0 aliphatic heterocycles. The fourth-order valence-corrected chi connectivity index (χ4v) is 2.35.